The number of imidazole rings is 1. The van der Waals surface area contributed by atoms with Crippen LogP contribution in [0.2, 0.25) is 0 Å². The van der Waals surface area contributed by atoms with Crippen LogP contribution in [0.25, 0.3) is 11.7 Å². The van der Waals surface area contributed by atoms with E-state index in [0.717, 1.165) is 21.4 Å². The number of nitrogens with one attached hydrogen (secondary N) is 1. The van der Waals surface area contributed by atoms with Crippen LogP contribution in [-0.4, -0.2) is 29.5 Å². The van der Waals surface area contributed by atoms with Crippen LogP contribution in [0.15, 0.2) is 53.3 Å². The minimum absolute atomic E-state index is 0.215. The molecule has 1 aromatic carbocycles. The molecule has 3 rings (SSSR count). The normalized spacial score (nSPS) is 11.0. The Kier molecular flexibility index (Phi) is 5.58. The molecule has 2 aromatic heterocycles. The highest BCUT2D eigenvalue weighted by Gasteiger charge is 2.05. The van der Waals surface area contributed by atoms with Gasteiger partial charge < -0.3 is 19.2 Å². The van der Waals surface area contributed by atoms with Crippen LogP contribution in [0.4, 0.5) is 0 Å². The van der Waals surface area contributed by atoms with Gasteiger partial charge in [0.05, 0.1) is 26.5 Å². The highest BCUT2D eigenvalue weighted by Crippen LogP contribution is 2.25. The molecule has 0 aliphatic rings. The zero-order chi connectivity index (χ0) is 18.5. The number of rotatable bonds is 6. The number of halogens is 1. The number of hydrogen-bond acceptors (Lipinski definition) is 4. The van der Waals surface area contributed by atoms with E-state index in [9.17, 15) is 4.79 Å². The predicted octanol–water partition coefficient (Wildman–Crippen LogP) is 3.44. The molecule has 0 bridgehead atoms. The van der Waals surface area contributed by atoms with Crippen LogP contribution in [0.3, 0.4) is 0 Å². The number of fused-ring (bicyclic) bond motifs is 1. The van der Waals surface area contributed by atoms with Gasteiger partial charge in [-0.25, -0.2) is 4.98 Å². The summed E-state index contributed by atoms with van der Waals surface area (Å²) in [4.78, 5) is 16.6. The van der Waals surface area contributed by atoms with Crippen LogP contribution < -0.4 is 14.8 Å². The van der Waals surface area contributed by atoms with Crippen LogP contribution >= 0.6 is 15.9 Å². The van der Waals surface area contributed by atoms with Gasteiger partial charge in [0.2, 0.25) is 5.91 Å². The molecule has 0 atom stereocenters. The SMILES string of the molecule is COc1ccc(OC)c(C=CC(=O)NCc2cn3cc(Br)ccc3n2)c1. The van der Waals surface area contributed by atoms with Gasteiger partial charge in [-0.05, 0) is 52.3 Å². The van der Waals surface area contributed by atoms with Gasteiger partial charge in [-0.1, -0.05) is 0 Å². The molecule has 0 aliphatic heterocycles. The molecule has 0 aliphatic carbocycles. The largest absolute Gasteiger partial charge is 0.497 e. The average Bonchev–Trinajstić information content (AvgIpc) is 3.06. The van der Waals surface area contributed by atoms with Crippen molar-refractivity contribution in [1.82, 2.24) is 14.7 Å². The van der Waals surface area contributed by atoms with Gasteiger partial charge in [-0.3, -0.25) is 4.79 Å². The van der Waals surface area contributed by atoms with Gasteiger partial charge in [0.15, 0.2) is 0 Å². The number of amides is 1. The molecule has 2 heterocycles. The van der Waals surface area contributed by atoms with Crippen molar-refractivity contribution in [2.75, 3.05) is 14.2 Å². The lowest BCUT2D eigenvalue weighted by Gasteiger charge is -2.07. The van der Waals surface area contributed by atoms with Crippen molar-refractivity contribution in [2.24, 2.45) is 0 Å². The summed E-state index contributed by atoms with van der Waals surface area (Å²) in [5, 5.41) is 2.83. The van der Waals surface area contributed by atoms with Gasteiger partial charge in [-0.2, -0.15) is 0 Å². The molecule has 7 heteroatoms. The topological polar surface area (TPSA) is 64.9 Å². The summed E-state index contributed by atoms with van der Waals surface area (Å²) in [7, 11) is 3.18. The summed E-state index contributed by atoms with van der Waals surface area (Å²) in [5.41, 5.74) is 2.37. The number of nitrogens with zero attached hydrogens (tertiary/aromatic N) is 2. The Morgan fingerprint density at radius 3 is 2.85 bits per heavy atom. The van der Waals surface area contributed by atoms with E-state index < -0.39 is 0 Å². The molecule has 3 aromatic rings. The molecule has 0 saturated carbocycles. The van der Waals surface area contributed by atoms with E-state index in [1.54, 1.807) is 32.4 Å². The van der Waals surface area contributed by atoms with Crippen molar-refractivity contribution in [2.45, 2.75) is 6.54 Å². The molecule has 134 valence electrons. The van der Waals surface area contributed by atoms with Gasteiger partial charge >= 0.3 is 0 Å². The van der Waals surface area contributed by atoms with Gasteiger partial charge in [0.1, 0.15) is 17.1 Å². The number of benzene rings is 1. The minimum atomic E-state index is -0.215. The average molecular weight is 416 g/mol. The second kappa shape index (κ2) is 8.05. The first kappa shape index (κ1) is 18.0. The molecule has 1 amide bonds. The number of methoxy groups -OCH3 is 2. The van der Waals surface area contributed by atoms with Gasteiger partial charge in [-0.15, -0.1) is 0 Å². The lowest BCUT2D eigenvalue weighted by atomic mass is 10.1. The molecular weight excluding hydrogens is 398 g/mol. The summed E-state index contributed by atoms with van der Waals surface area (Å²) in [6, 6.07) is 9.24. The Morgan fingerprint density at radius 2 is 2.08 bits per heavy atom. The molecule has 0 saturated heterocycles. The van der Waals surface area contributed by atoms with Crippen molar-refractivity contribution in [3.05, 3.63) is 64.5 Å². The lowest BCUT2D eigenvalue weighted by molar-refractivity contribution is -0.116. The lowest BCUT2D eigenvalue weighted by Crippen LogP contribution is -2.20. The monoisotopic (exact) mass is 415 g/mol. The summed E-state index contributed by atoms with van der Waals surface area (Å²) in [6.07, 6.45) is 6.96. The first-order valence-corrected chi connectivity index (χ1v) is 8.69. The smallest absolute Gasteiger partial charge is 0.244 e. The third-order valence-corrected chi connectivity index (χ3v) is 4.23. The molecule has 0 fully saturated rings. The van der Waals surface area contributed by atoms with E-state index in [2.05, 4.69) is 26.2 Å². The first-order chi connectivity index (χ1) is 12.6. The maximum atomic E-state index is 12.1. The number of hydrogen-bond donors (Lipinski definition) is 1. The van der Waals surface area contributed by atoms with E-state index in [1.165, 1.54) is 6.08 Å². The summed E-state index contributed by atoms with van der Waals surface area (Å²) >= 11 is 3.42. The standard InChI is InChI=1S/C19H18BrN3O3/c1-25-16-5-6-17(26-2)13(9-16)3-8-19(24)21-10-15-12-23-11-14(20)4-7-18(23)22-15/h3-9,11-12H,10H2,1-2H3,(H,21,24). The molecule has 6 nitrogen and oxygen atoms in total. The minimum Gasteiger partial charge on any atom is -0.497 e. The fourth-order valence-electron chi connectivity index (χ4n) is 2.47. The van der Waals surface area contributed by atoms with Crippen molar-refractivity contribution in [3.63, 3.8) is 0 Å². The van der Waals surface area contributed by atoms with E-state index in [4.69, 9.17) is 9.47 Å². The van der Waals surface area contributed by atoms with E-state index in [0.29, 0.717) is 18.0 Å². The van der Waals surface area contributed by atoms with Crippen LogP contribution in [0, 0.1) is 0 Å². The van der Waals surface area contributed by atoms with E-state index >= 15 is 0 Å². The maximum Gasteiger partial charge on any atom is 0.244 e. The molecule has 26 heavy (non-hydrogen) atoms. The Bertz CT molecular complexity index is 966. The van der Waals surface area contributed by atoms with Crippen LogP contribution in [0.1, 0.15) is 11.3 Å². The highest BCUT2D eigenvalue weighted by atomic mass is 79.9. The Morgan fingerprint density at radius 1 is 1.23 bits per heavy atom. The van der Waals surface area contributed by atoms with Crippen molar-refractivity contribution >= 4 is 33.6 Å². The molecule has 0 unspecified atom stereocenters. The maximum absolute atomic E-state index is 12.1. The fourth-order valence-corrected chi connectivity index (χ4v) is 2.83. The zero-order valence-electron chi connectivity index (χ0n) is 14.4. The highest BCUT2D eigenvalue weighted by molar-refractivity contribution is 9.10. The van der Waals surface area contributed by atoms with Gasteiger partial charge in [0.25, 0.3) is 0 Å². The van der Waals surface area contributed by atoms with Crippen LogP contribution in [-0.2, 0) is 11.3 Å². The second-order valence-electron chi connectivity index (χ2n) is 5.50. The third-order valence-electron chi connectivity index (χ3n) is 3.76. The molecule has 1 N–H and O–H groups in total. The van der Waals surface area contributed by atoms with Crippen molar-refractivity contribution < 1.29 is 14.3 Å². The number of carbonyl (C=O) groups excluding carboxylic acids is 1. The predicted molar refractivity (Wildman–Crippen MR) is 103 cm³/mol. The van der Waals surface area contributed by atoms with Crippen LogP contribution in [0.5, 0.6) is 11.5 Å². The molecule has 0 spiro atoms. The van der Waals surface area contributed by atoms with Crippen molar-refractivity contribution in [3.8, 4) is 11.5 Å². The Labute approximate surface area is 159 Å². The van der Waals surface area contributed by atoms with E-state index in [1.807, 2.05) is 35.0 Å². The fraction of sp³-hybridized carbons (Fsp3) is 0.158. The second-order valence-corrected chi connectivity index (χ2v) is 6.42. The molecular formula is C19H18BrN3O3. The Hall–Kier alpha value is -2.80. The zero-order valence-corrected chi connectivity index (χ0v) is 16.0. The quantitative estimate of drug-likeness (QED) is 0.626. The number of ether oxygens (including phenoxy) is 2. The summed E-state index contributed by atoms with van der Waals surface area (Å²) in [5.74, 6) is 1.15. The molecule has 0 radical (unpaired) electrons. The number of aromatic nitrogens is 2. The third kappa shape index (κ3) is 4.23. The number of pyridine rings is 1. The Balaban J connectivity index is 1.65. The first-order valence-electron chi connectivity index (χ1n) is 7.90. The van der Waals surface area contributed by atoms with Crippen molar-refractivity contribution in [1.29, 1.82) is 0 Å². The number of carbonyl (C=O) groups is 1. The van der Waals surface area contributed by atoms with Gasteiger partial charge in [0, 0.05) is 28.5 Å². The summed E-state index contributed by atoms with van der Waals surface area (Å²) < 4.78 is 13.4. The summed E-state index contributed by atoms with van der Waals surface area (Å²) in [6.45, 7) is 0.345. The van der Waals surface area contributed by atoms with E-state index in [-0.39, 0.29) is 5.91 Å².